The van der Waals surface area contributed by atoms with Gasteiger partial charge in [0.2, 0.25) is 5.91 Å². The lowest BCUT2D eigenvalue weighted by atomic mass is 10.2. The molecule has 0 saturated heterocycles. The molecule has 0 fully saturated rings. The maximum absolute atomic E-state index is 12.8. The van der Waals surface area contributed by atoms with Crippen LogP contribution in [0.25, 0.3) is 0 Å². The van der Waals surface area contributed by atoms with Gasteiger partial charge in [-0.3, -0.25) is 9.59 Å². The summed E-state index contributed by atoms with van der Waals surface area (Å²) in [5.41, 5.74) is 0.575. The SMILES string of the molecule is COc1cc(C(=O)OCC(=O)NCC(=O)Nc2ccc(F)cc2)ccc1OC(C)C. The minimum Gasteiger partial charge on any atom is -0.493 e. The molecule has 0 aliphatic heterocycles. The number of carbonyl (C=O) groups excluding carboxylic acids is 3. The molecule has 0 saturated carbocycles. The molecule has 160 valence electrons. The minimum atomic E-state index is -0.727. The molecule has 0 aromatic heterocycles. The molecule has 0 atom stereocenters. The van der Waals surface area contributed by atoms with Gasteiger partial charge in [0.15, 0.2) is 18.1 Å². The number of halogens is 1. The maximum Gasteiger partial charge on any atom is 0.338 e. The highest BCUT2D eigenvalue weighted by Crippen LogP contribution is 2.29. The zero-order valence-corrected chi connectivity index (χ0v) is 16.9. The summed E-state index contributed by atoms with van der Waals surface area (Å²) in [4.78, 5) is 35.8. The van der Waals surface area contributed by atoms with Crippen molar-refractivity contribution < 1.29 is 33.0 Å². The summed E-state index contributed by atoms with van der Waals surface area (Å²) in [5.74, 6) is -1.47. The van der Waals surface area contributed by atoms with Crippen molar-refractivity contribution >= 4 is 23.5 Å². The van der Waals surface area contributed by atoms with E-state index in [0.29, 0.717) is 17.2 Å². The fraction of sp³-hybridized carbons (Fsp3) is 0.286. The Morgan fingerprint density at radius 2 is 1.70 bits per heavy atom. The molecule has 8 nitrogen and oxygen atoms in total. The van der Waals surface area contributed by atoms with Crippen molar-refractivity contribution in [2.24, 2.45) is 0 Å². The average molecular weight is 418 g/mol. The molecule has 2 amide bonds. The van der Waals surface area contributed by atoms with Crippen LogP contribution in [0.1, 0.15) is 24.2 Å². The van der Waals surface area contributed by atoms with E-state index in [2.05, 4.69) is 10.6 Å². The first-order valence-electron chi connectivity index (χ1n) is 9.12. The van der Waals surface area contributed by atoms with Crippen LogP contribution in [-0.4, -0.2) is 44.1 Å². The number of esters is 1. The first-order chi connectivity index (χ1) is 14.3. The van der Waals surface area contributed by atoms with Gasteiger partial charge in [0.25, 0.3) is 5.91 Å². The van der Waals surface area contributed by atoms with Gasteiger partial charge in [-0.05, 0) is 56.3 Å². The molecular formula is C21H23FN2O6. The summed E-state index contributed by atoms with van der Waals surface area (Å²) in [5, 5.41) is 4.82. The molecule has 2 aromatic carbocycles. The van der Waals surface area contributed by atoms with Crippen molar-refractivity contribution in [3.63, 3.8) is 0 Å². The quantitative estimate of drug-likeness (QED) is 0.607. The van der Waals surface area contributed by atoms with Crippen LogP contribution >= 0.6 is 0 Å². The molecule has 2 N–H and O–H groups in total. The number of rotatable bonds is 9. The number of hydrogen-bond donors (Lipinski definition) is 2. The molecular weight excluding hydrogens is 395 g/mol. The maximum atomic E-state index is 12.8. The number of anilines is 1. The van der Waals surface area contributed by atoms with E-state index in [4.69, 9.17) is 14.2 Å². The van der Waals surface area contributed by atoms with Gasteiger partial charge in [-0.1, -0.05) is 0 Å². The van der Waals surface area contributed by atoms with E-state index in [9.17, 15) is 18.8 Å². The van der Waals surface area contributed by atoms with E-state index < -0.39 is 30.2 Å². The van der Waals surface area contributed by atoms with Gasteiger partial charge in [0.05, 0.1) is 25.3 Å². The molecule has 0 spiro atoms. The number of nitrogens with one attached hydrogen (secondary N) is 2. The van der Waals surface area contributed by atoms with Gasteiger partial charge in [0.1, 0.15) is 5.82 Å². The predicted molar refractivity (Wildman–Crippen MR) is 107 cm³/mol. The lowest BCUT2D eigenvalue weighted by Crippen LogP contribution is -2.35. The molecule has 2 rings (SSSR count). The lowest BCUT2D eigenvalue weighted by Gasteiger charge is -2.14. The first kappa shape index (κ1) is 22.7. The third-order valence-electron chi connectivity index (χ3n) is 3.67. The van der Waals surface area contributed by atoms with Crippen LogP contribution in [0, 0.1) is 5.82 Å². The first-order valence-corrected chi connectivity index (χ1v) is 9.12. The van der Waals surface area contributed by atoms with E-state index in [1.54, 1.807) is 6.07 Å². The van der Waals surface area contributed by atoms with Gasteiger partial charge in [-0.15, -0.1) is 0 Å². The van der Waals surface area contributed by atoms with Gasteiger partial charge in [-0.25, -0.2) is 9.18 Å². The van der Waals surface area contributed by atoms with Crippen LogP contribution < -0.4 is 20.1 Å². The van der Waals surface area contributed by atoms with Gasteiger partial charge in [0, 0.05) is 5.69 Å². The molecule has 2 aromatic rings. The third-order valence-corrected chi connectivity index (χ3v) is 3.67. The van der Waals surface area contributed by atoms with E-state index in [1.165, 1.54) is 43.5 Å². The van der Waals surface area contributed by atoms with Crippen molar-refractivity contribution in [1.82, 2.24) is 5.32 Å². The monoisotopic (exact) mass is 418 g/mol. The number of hydrogen-bond acceptors (Lipinski definition) is 6. The summed E-state index contributed by atoms with van der Waals surface area (Å²) in [6, 6.07) is 9.71. The van der Waals surface area contributed by atoms with E-state index in [0.717, 1.165) is 0 Å². The Labute approximate surface area is 173 Å². The van der Waals surface area contributed by atoms with Crippen molar-refractivity contribution in [2.45, 2.75) is 20.0 Å². The third kappa shape index (κ3) is 7.08. The number of ether oxygens (including phenoxy) is 3. The van der Waals surface area contributed by atoms with Crippen LogP contribution in [0.2, 0.25) is 0 Å². The van der Waals surface area contributed by atoms with E-state index in [-0.39, 0.29) is 18.2 Å². The molecule has 0 bridgehead atoms. The molecule has 0 heterocycles. The second-order valence-corrected chi connectivity index (χ2v) is 6.44. The molecule has 30 heavy (non-hydrogen) atoms. The molecule has 0 aliphatic rings. The standard InChI is InChI=1S/C21H23FN2O6/c1-13(2)30-17-9-4-14(10-18(17)28-3)21(27)29-12-20(26)23-11-19(25)24-16-7-5-15(22)6-8-16/h4-10,13H,11-12H2,1-3H3,(H,23,26)(H,24,25). The second kappa shape index (κ2) is 10.8. The van der Waals surface area contributed by atoms with Crippen LogP contribution in [0.15, 0.2) is 42.5 Å². The Bertz CT molecular complexity index is 899. The topological polar surface area (TPSA) is 103 Å². The zero-order valence-electron chi connectivity index (χ0n) is 16.9. The Morgan fingerprint density at radius 3 is 2.33 bits per heavy atom. The molecule has 9 heteroatoms. The van der Waals surface area contributed by atoms with Gasteiger partial charge >= 0.3 is 5.97 Å². The van der Waals surface area contributed by atoms with Crippen LogP contribution in [0.5, 0.6) is 11.5 Å². The number of benzene rings is 2. The Hall–Kier alpha value is -3.62. The van der Waals surface area contributed by atoms with Crippen LogP contribution in [0.3, 0.4) is 0 Å². The largest absolute Gasteiger partial charge is 0.493 e. The predicted octanol–water partition coefficient (Wildman–Crippen LogP) is 2.53. The summed E-state index contributed by atoms with van der Waals surface area (Å²) >= 11 is 0. The summed E-state index contributed by atoms with van der Waals surface area (Å²) in [6.45, 7) is 2.83. The van der Waals surface area contributed by atoms with Gasteiger partial charge in [-0.2, -0.15) is 0 Å². The highest BCUT2D eigenvalue weighted by Gasteiger charge is 2.15. The molecule has 0 aliphatic carbocycles. The van der Waals surface area contributed by atoms with Crippen molar-refractivity contribution in [3.8, 4) is 11.5 Å². The fourth-order valence-electron chi connectivity index (χ4n) is 2.33. The minimum absolute atomic E-state index is 0.0688. The van der Waals surface area contributed by atoms with Crippen molar-refractivity contribution in [1.29, 1.82) is 0 Å². The van der Waals surface area contributed by atoms with Crippen LogP contribution in [0.4, 0.5) is 10.1 Å². The Morgan fingerprint density at radius 1 is 1.00 bits per heavy atom. The fourth-order valence-corrected chi connectivity index (χ4v) is 2.33. The Kier molecular flexibility index (Phi) is 8.16. The summed E-state index contributed by atoms with van der Waals surface area (Å²) in [7, 11) is 1.45. The highest BCUT2D eigenvalue weighted by molar-refractivity contribution is 5.95. The Balaban J connectivity index is 1.80. The lowest BCUT2D eigenvalue weighted by molar-refractivity contribution is -0.126. The number of methoxy groups -OCH3 is 1. The van der Waals surface area contributed by atoms with Crippen molar-refractivity contribution in [2.75, 3.05) is 25.6 Å². The summed E-state index contributed by atoms with van der Waals surface area (Å²) < 4.78 is 28.6. The smallest absolute Gasteiger partial charge is 0.338 e. The molecule has 0 radical (unpaired) electrons. The van der Waals surface area contributed by atoms with E-state index in [1.807, 2.05) is 13.8 Å². The van der Waals surface area contributed by atoms with Gasteiger partial charge < -0.3 is 24.8 Å². The zero-order chi connectivity index (χ0) is 22.1. The van der Waals surface area contributed by atoms with E-state index >= 15 is 0 Å². The average Bonchev–Trinajstić information content (AvgIpc) is 2.72. The molecule has 0 unspecified atom stereocenters. The second-order valence-electron chi connectivity index (χ2n) is 6.44. The van der Waals surface area contributed by atoms with Crippen LogP contribution in [-0.2, 0) is 14.3 Å². The highest BCUT2D eigenvalue weighted by atomic mass is 19.1. The van der Waals surface area contributed by atoms with Crippen molar-refractivity contribution in [3.05, 3.63) is 53.8 Å². The normalized spacial score (nSPS) is 10.3. The number of carbonyl (C=O) groups is 3. The number of amides is 2. The summed E-state index contributed by atoms with van der Waals surface area (Å²) in [6.07, 6.45) is -0.0688.